The first kappa shape index (κ1) is 12.1. The van der Waals surface area contributed by atoms with Crippen molar-refractivity contribution in [3.8, 4) is 0 Å². The highest BCUT2D eigenvalue weighted by molar-refractivity contribution is 8.01. The molecule has 1 heterocycles. The number of carbonyl (C=O) groups excluding carboxylic acids is 2. The van der Waals surface area contributed by atoms with Gasteiger partial charge in [-0.25, -0.2) is 0 Å². The van der Waals surface area contributed by atoms with Crippen molar-refractivity contribution >= 4 is 29.5 Å². The summed E-state index contributed by atoms with van der Waals surface area (Å²) in [7, 11) is 1.59. The van der Waals surface area contributed by atoms with Crippen LogP contribution in [0.2, 0.25) is 0 Å². The summed E-state index contributed by atoms with van der Waals surface area (Å²) in [5, 5.41) is -0.271. The summed E-state index contributed by atoms with van der Waals surface area (Å²) < 4.78 is 5.08. The first-order valence-corrected chi connectivity index (χ1v) is 6.08. The molecule has 1 unspecified atom stereocenters. The van der Waals surface area contributed by atoms with Crippen LogP contribution >= 0.6 is 11.8 Å². The third kappa shape index (κ3) is 2.21. The number of hydrogen-bond acceptors (Lipinski definition) is 5. The van der Waals surface area contributed by atoms with Crippen LogP contribution in [0.15, 0.2) is 23.1 Å². The molecule has 0 aliphatic carbocycles. The number of nitrogens with zero attached hydrogens (tertiary/aromatic N) is 1. The molecule has 1 aliphatic heterocycles. The van der Waals surface area contributed by atoms with Gasteiger partial charge >= 0.3 is 0 Å². The minimum atomic E-state index is -0.271. The van der Waals surface area contributed by atoms with E-state index in [1.54, 1.807) is 13.2 Å². The lowest BCUT2D eigenvalue weighted by Gasteiger charge is -2.21. The van der Waals surface area contributed by atoms with E-state index >= 15 is 0 Å². The van der Waals surface area contributed by atoms with Gasteiger partial charge < -0.3 is 14.4 Å². The first-order valence-electron chi connectivity index (χ1n) is 5.20. The van der Waals surface area contributed by atoms with Crippen LogP contribution in [0.1, 0.15) is 17.3 Å². The van der Waals surface area contributed by atoms with Crippen LogP contribution in [-0.4, -0.2) is 31.3 Å². The Morgan fingerprint density at radius 2 is 2.35 bits per heavy atom. The third-order valence-electron chi connectivity index (χ3n) is 2.62. The molecule has 2 rings (SSSR count). The molecule has 1 atom stereocenters. The lowest BCUT2D eigenvalue weighted by Crippen LogP contribution is -2.32. The number of thioether (sulfide) groups is 1. The van der Waals surface area contributed by atoms with Crippen LogP contribution < -0.4 is 4.90 Å². The minimum Gasteiger partial charge on any atom is -0.364 e. The average Bonchev–Trinajstić information content (AvgIpc) is 2.67. The van der Waals surface area contributed by atoms with E-state index in [0.717, 1.165) is 16.9 Å². The predicted octanol–water partition coefficient (Wildman–Crippen LogP) is 1.93. The van der Waals surface area contributed by atoms with Gasteiger partial charge in [0.25, 0.3) is 0 Å². The summed E-state index contributed by atoms with van der Waals surface area (Å²) in [5.41, 5.74) is 1.61. The molecule has 0 saturated carbocycles. The van der Waals surface area contributed by atoms with Crippen LogP contribution in [0.3, 0.4) is 0 Å². The van der Waals surface area contributed by atoms with E-state index in [9.17, 15) is 9.59 Å². The molecule has 0 aromatic heterocycles. The van der Waals surface area contributed by atoms with Crippen molar-refractivity contribution in [2.45, 2.75) is 17.2 Å². The van der Waals surface area contributed by atoms with E-state index in [-0.39, 0.29) is 11.2 Å². The number of hydrogen-bond donors (Lipinski definition) is 0. The maximum Gasteiger partial charge on any atom is 0.159 e. The number of benzene rings is 1. The SMILES string of the molecule is COCN1c2ccc(C(C)=O)cc2SC1C=O. The first-order chi connectivity index (χ1) is 8.17. The van der Waals surface area contributed by atoms with Gasteiger partial charge in [0.1, 0.15) is 12.1 Å². The number of methoxy groups -OCH3 is 1. The van der Waals surface area contributed by atoms with Crippen LogP contribution in [0.4, 0.5) is 5.69 Å². The molecule has 0 fully saturated rings. The highest BCUT2D eigenvalue weighted by Gasteiger charge is 2.29. The van der Waals surface area contributed by atoms with Crippen molar-refractivity contribution < 1.29 is 14.3 Å². The van der Waals surface area contributed by atoms with Gasteiger partial charge in [-0.1, -0.05) is 11.8 Å². The van der Waals surface area contributed by atoms with Gasteiger partial charge in [0, 0.05) is 17.6 Å². The molecule has 1 aromatic carbocycles. The summed E-state index contributed by atoms with van der Waals surface area (Å²) >= 11 is 1.44. The molecule has 0 saturated heterocycles. The number of ketones is 1. The molecule has 0 N–H and O–H groups in total. The molecule has 0 amide bonds. The molecule has 4 nitrogen and oxygen atoms in total. The van der Waals surface area contributed by atoms with Gasteiger partial charge in [-0.2, -0.15) is 0 Å². The monoisotopic (exact) mass is 251 g/mol. The van der Waals surface area contributed by atoms with E-state index in [2.05, 4.69) is 0 Å². The van der Waals surface area contributed by atoms with E-state index in [1.165, 1.54) is 18.7 Å². The fraction of sp³-hybridized carbons (Fsp3) is 0.333. The number of Topliss-reactive ketones (excluding diaryl/α,β-unsaturated/α-hetero) is 1. The molecule has 1 aromatic rings. The van der Waals surface area contributed by atoms with E-state index in [1.807, 2.05) is 17.0 Å². The second kappa shape index (κ2) is 4.89. The summed E-state index contributed by atoms with van der Waals surface area (Å²) in [6, 6.07) is 5.47. The average molecular weight is 251 g/mol. The Balaban J connectivity index is 2.37. The predicted molar refractivity (Wildman–Crippen MR) is 66.5 cm³/mol. The number of carbonyl (C=O) groups is 2. The normalized spacial score (nSPS) is 18.0. The number of ether oxygens (including phenoxy) is 1. The smallest absolute Gasteiger partial charge is 0.159 e. The molecule has 5 heteroatoms. The Morgan fingerprint density at radius 3 is 2.94 bits per heavy atom. The van der Waals surface area contributed by atoms with E-state index < -0.39 is 0 Å². The number of aldehydes is 1. The highest BCUT2D eigenvalue weighted by Crippen LogP contribution is 2.42. The summed E-state index contributed by atoms with van der Waals surface area (Å²) in [6.45, 7) is 1.90. The van der Waals surface area contributed by atoms with Crippen molar-refractivity contribution in [1.29, 1.82) is 0 Å². The van der Waals surface area contributed by atoms with Crippen molar-refractivity contribution in [1.82, 2.24) is 0 Å². The largest absolute Gasteiger partial charge is 0.364 e. The van der Waals surface area contributed by atoms with Crippen LogP contribution in [0.25, 0.3) is 0 Å². The van der Waals surface area contributed by atoms with Gasteiger partial charge in [-0.3, -0.25) is 4.79 Å². The van der Waals surface area contributed by atoms with Crippen molar-refractivity contribution in [3.05, 3.63) is 23.8 Å². The van der Waals surface area contributed by atoms with Gasteiger partial charge in [-0.15, -0.1) is 0 Å². The van der Waals surface area contributed by atoms with E-state index in [0.29, 0.717) is 12.3 Å². The van der Waals surface area contributed by atoms with Gasteiger partial charge in [0.05, 0.1) is 5.69 Å². The standard InChI is InChI=1S/C12H13NO3S/c1-8(15)9-3-4-10-11(5-9)17-12(6-14)13(10)7-16-2/h3-6,12H,7H2,1-2H3. The minimum absolute atomic E-state index is 0.0289. The number of anilines is 1. The summed E-state index contributed by atoms with van der Waals surface area (Å²) in [4.78, 5) is 25.1. The quantitative estimate of drug-likeness (QED) is 0.604. The summed E-state index contributed by atoms with van der Waals surface area (Å²) in [5.74, 6) is 0.0289. The zero-order chi connectivity index (χ0) is 12.4. The van der Waals surface area contributed by atoms with Gasteiger partial charge in [0.2, 0.25) is 0 Å². The maximum atomic E-state index is 11.3. The molecular formula is C12H13NO3S. The Bertz CT molecular complexity index is 461. The number of fused-ring (bicyclic) bond motifs is 1. The van der Waals surface area contributed by atoms with Crippen molar-refractivity contribution in [3.63, 3.8) is 0 Å². The van der Waals surface area contributed by atoms with E-state index in [4.69, 9.17) is 4.74 Å². The lowest BCUT2D eigenvalue weighted by atomic mass is 10.1. The van der Waals surface area contributed by atoms with Crippen LogP contribution in [0, 0.1) is 0 Å². The fourth-order valence-electron chi connectivity index (χ4n) is 1.78. The second-order valence-corrected chi connectivity index (χ2v) is 4.93. The topological polar surface area (TPSA) is 46.6 Å². The Morgan fingerprint density at radius 1 is 1.59 bits per heavy atom. The lowest BCUT2D eigenvalue weighted by molar-refractivity contribution is -0.107. The molecule has 0 bridgehead atoms. The summed E-state index contributed by atoms with van der Waals surface area (Å²) in [6.07, 6.45) is 0.886. The Labute approximate surface area is 104 Å². The zero-order valence-corrected chi connectivity index (χ0v) is 10.5. The fourth-order valence-corrected chi connectivity index (χ4v) is 2.90. The van der Waals surface area contributed by atoms with Crippen molar-refractivity contribution in [2.75, 3.05) is 18.7 Å². The Hall–Kier alpha value is -1.33. The number of rotatable bonds is 4. The molecule has 17 heavy (non-hydrogen) atoms. The van der Waals surface area contributed by atoms with Crippen LogP contribution in [0.5, 0.6) is 0 Å². The molecule has 90 valence electrons. The second-order valence-electron chi connectivity index (χ2n) is 3.77. The third-order valence-corrected chi connectivity index (χ3v) is 3.80. The zero-order valence-electron chi connectivity index (χ0n) is 9.67. The molecule has 0 spiro atoms. The Kier molecular flexibility index (Phi) is 3.49. The van der Waals surface area contributed by atoms with Gasteiger partial charge in [0.15, 0.2) is 12.1 Å². The molecular weight excluding hydrogens is 238 g/mol. The molecule has 0 radical (unpaired) electrons. The molecule has 1 aliphatic rings. The maximum absolute atomic E-state index is 11.3. The highest BCUT2D eigenvalue weighted by atomic mass is 32.2. The van der Waals surface area contributed by atoms with Gasteiger partial charge in [-0.05, 0) is 25.1 Å². The van der Waals surface area contributed by atoms with Crippen LogP contribution in [-0.2, 0) is 9.53 Å². The van der Waals surface area contributed by atoms with Crippen molar-refractivity contribution in [2.24, 2.45) is 0 Å².